The van der Waals surface area contributed by atoms with Crippen LogP contribution in [0, 0.1) is 13.8 Å². The van der Waals surface area contributed by atoms with E-state index >= 15 is 0 Å². The van der Waals surface area contributed by atoms with Crippen molar-refractivity contribution in [3.8, 4) is 5.75 Å². The number of para-hydroxylation sites is 2. The van der Waals surface area contributed by atoms with Crippen LogP contribution in [-0.2, 0) is 19.1 Å². The number of ether oxygens (including phenoxy) is 2. The summed E-state index contributed by atoms with van der Waals surface area (Å²) in [5.74, 6) is -1.66. The average molecular weight is 439 g/mol. The second-order valence-corrected chi connectivity index (χ2v) is 7.34. The zero-order chi connectivity index (χ0) is 23.3. The highest BCUT2D eigenvalue weighted by atomic mass is 16.5. The predicted molar refractivity (Wildman–Crippen MR) is 116 cm³/mol. The molecule has 1 atom stereocenters. The van der Waals surface area contributed by atoms with Crippen molar-refractivity contribution < 1.29 is 28.7 Å². The number of fused-ring (bicyclic) bond motifs is 1. The Labute approximate surface area is 185 Å². The molecule has 2 aromatic carbocycles. The predicted octanol–water partition coefficient (Wildman–Crippen LogP) is 1.12. The highest BCUT2D eigenvalue weighted by molar-refractivity contribution is 5.99. The van der Waals surface area contributed by atoms with Crippen LogP contribution in [0.3, 0.4) is 0 Å². The van der Waals surface area contributed by atoms with E-state index < -0.39 is 30.5 Å². The number of hydrogen-bond donors (Lipinski definition) is 2. The van der Waals surface area contributed by atoms with Gasteiger partial charge in [-0.25, -0.2) is 0 Å². The number of benzene rings is 2. The van der Waals surface area contributed by atoms with Crippen LogP contribution in [0.1, 0.15) is 21.5 Å². The van der Waals surface area contributed by atoms with Gasteiger partial charge in [0.25, 0.3) is 17.7 Å². The maximum atomic E-state index is 12.7. The van der Waals surface area contributed by atoms with Gasteiger partial charge in [0.05, 0.1) is 12.2 Å². The van der Waals surface area contributed by atoms with Crippen LogP contribution in [0.4, 0.5) is 5.69 Å². The molecule has 9 nitrogen and oxygen atoms in total. The monoisotopic (exact) mass is 439 g/mol. The van der Waals surface area contributed by atoms with Crippen LogP contribution in [0.5, 0.6) is 5.75 Å². The molecule has 0 radical (unpaired) electrons. The van der Waals surface area contributed by atoms with Gasteiger partial charge in [-0.15, -0.1) is 0 Å². The van der Waals surface area contributed by atoms with Gasteiger partial charge in [0.2, 0.25) is 0 Å². The molecule has 0 spiro atoms. The van der Waals surface area contributed by atoms with Crippen molar-refractivity contribution in [1.29, 1.82) is 0 Å². The molecule has 2 N–H and O–H groups in total. The van der Waals surface area contributed by atoms with Crippen molar-refractivity contribution in [2.24, 2.45) is 0 Å². The molecule has 3 amide bonds. The highest BCUT2D eigenvalue weighted by Crippen LogP contribution is 2.33. The second kappa shape index (κ2) is 9.95. The molecule has 0 fully saturated rings. The standard InChI is InChI=1S/C23H25N3O6/c1-14-8-9-16(10-15(14)2)22(29)25-11-21(28)31-13-20(27)26-12-19(23(30)24-3)32-18-7-5-4-6-17(18)26/h4-10,19H,11-13H2,1-3H3,(H,24,30)(H,25,29). The summed E-state index contributed by atoms with van der Waals surface area (Å²) >= 11 is 0. The van der Waals surface area contributed by atoms with Crippen molar-refractivity contribution >= 4 is 29.4 Å². The third kappa shape index (κ3) is 5.23. The number of rotatable bonds is 6. The molecule has 1 heterocycles. The van der Waals surface area contributed by atoms with Gasteiger partial charge in [-0.1, -0.05) is 18.2 Å². The molecule has 2 aromatic rings. The molecule has 0 saturated carbocycles. The highest BCUT2D eigenvalue weighted by Gasteiger charge is 2.33. The number of anilines is 1. The normalized spacial score (nSPS) is 14.6. The van der Waals surface area contributed by atoms with Gasteiger partial charge in [-0.05, 0) is 49.2 Å². The van der Waals surface area contributed by atoms with Crippen LogP contribution in [0.15, 0.2) is 42.5 Å². The van der Waals surface area contributed by atoms with E-state index in [9.17, 15) is 19.2 Å². The Morgan fingerprint density at radius 3 is 2.56 bits per heavy atom. The number of amides is 3. The van der Waals surface area contributed by atoms with E-state index in [-0.39, 0.29) is 19.0 Å². The summed E-state index contributed by atoms with van der Waals surface area (Å²) in [6.45, 7) is 2.91. The lowest BCUT2D eigenvalue weighted by Gasteiger charge is -2.33. The van der Waals surface area contributed by atoms with E-state index in [1.54, 1.807) is 36.4 Å². The van der Waals surface area contributed by atoms with Crippen molar-refractivity contribution in [2.75, 3.05) is 31.6 Å². The van der Waals surface area contributed by atoms with Gasteiger partial charge in [0.15, 0.2) is 12.7 Å². The fraction of sp³-hybridized carbons (Fsp3) is 0.304. The molecule has 0 saturated heterocycles. The Morgan fingerprint density at radius 1 is 1.09 bits per heavy atom. The van der Waals surface area contributed by atoms with E-state index in [1.807, 2.05) is 19.9 Å². The molecule has 3 rings (SSSR count). The maximum Gasteiger partial charge on any atom is 0.325 e. The lowest BCUT2D eigenvalue weighted by molar-refractivity contribution is -0.147. The van der Waals surface area contributed by atoms with E-state index in [2.05, 4.69) is 10.6 Å². The molecular weight excluding hydrogens is 414 g/mol. The quantitative estimate of drug-likeness (QED) is 0.652. The van der Waals surface area contributed by atoms with Crippen molar-refractivity contribution in [3.05, 3.63) is 59.2 Å². The third-order valence-corrected chi connectivity index (χ3v) is 5.13. The Balaban J connectivity index is 1.56. The summed E-state index contributed by atoms with van der Waals surface area (Å²) in [6, 6.07) is 12.0. The van der Waals surface area contributed by atoms with Crippen LogP contribution < -0.4 is 20.3 Å². The first-order valence-corrected chi connectivity index (χ1v) is 10.1. The van der Waals surface area contributed by atoms with Gasteiger partial charge in [-0.3, -0.25) is 19.2 Å². The fourth-order valence-electron chi connectivity index (χ4n) is 3.18. The maximum absolute atomic E-state index is 12.7. The van der Waals surface area contributed by atoms with Crippen LogP contribution in [0.2, 0.25) is 0 Å². The first kappa shape index (κ1) is 22.8. The van der Waals surface area contributed by atoms with Gasteiger partial charge in [0.1, 0.15) is 12.3 Å². The Bertz CT molecular complexity index is 1050. The smallest absolute Gasteiger partial charge is 0.325 e. The minimum Gasteiger partial charge on any atom is -0.477 e. The summed E-state index contributed by atoms with van der Waals surface area (Å²) in [4.78, 5) is 50.4. The van der Waals surface area contributed by atoms with E-state index in [4.69, 9.17) is 9.47 Å². The minimum atomic E-state index is -0.883. The summed E-state index contributed by atoms with van der Waals surface area (Å²) in [5, 5.41) is 4.98. The van der Waals surface area contributed by atoms with E-state index in [0.29, 0.717) is 17.0 Å². The zero-order valence-corrected chi connectivity index (χ0v) is 18.1. The lowest BCUT2D eigenvalue weighted by atomic mass is 10.1. The first-order chi connectivity index (χ1) is 15.3. The van der Waals surface area contributed by atoms with Crippen LogP contribution in [-0.4, -0.2) is 56.5 Å². The van der Waals surface area contributed by atoms with Gasteiger partial charge in [-0.2, -0.15) is 0 Å². The molecule has 32 heavy (non-hydrogen) atoms. The average Bonchev–Trinajstić information content (AvgIpc) is 2.81. The van der Waals surface area contributed by atoms with Gasteiger partial charge in [0, 0.05) is 12.6 Å². The number of aryl methyl sites for hydroxylation is 2. The van der Waals surface area contributed by atoms with Crippen molar-refractivity contribution in [3.63, 3.8) is 0 Å². The van der Waals surface area contributed by atoms with Gasteiger partial charge >= 0.3 is 5.97 Å². The van der Waals surface area contributed by atoms with Gasteiger partial charge < -0.3 is 25.0 Å². The molecule has 1 aliphatic heterocycles. The Kier molecular flexibility index (Phi) is 7.09. The largest absolute Gasteiger partial charge is 0.477 e. The lowest BCUT2D eigenvalue weighted by Crippen LogP contribution is -2.51. The van der Waals surface area contributed by atoms with Crippen LogP contribution >= 0.6 is 0 Å². The Hall–Kier alpha value is -3.88. The first-order valence-electron chi connectivity index (χ1n) is 10.1. The molecular formula is C23H25N3O6. The van der Waals surface area contributed by atoms with E-state index in [1.165, 1.54) is 11.9 Å². The summed E-state index contributed by atoms with van der Waals surface area (Å²) in [6.07, 6.45) is -0.883. The number of nitrogens with zero attached hydrogens (tertiary/aromatic N) is 1. The molecule has 1 aliphatic rings. The summed E-state index contributed by atoms with van der Waals surface area (Å²) < 4.78 is 10.7. The molecule has 168 valence electrons. The number of hydrogen-bond acceptors (Lipinski definition) is 6. The summed E-state index contributed by atoms with van der Waals surface area (Å²) in [5.41, 5.74) is 2.94. The molecule has 0 aliphatic carbocycles. The SMILES string of the molecule is CNC(=O)C1CN(C(=O)COC(=O)CNC(=O)c2ccc(C)c(C)c2)c2ccccc2O1. The Morgan fingerprint density at radius 2 is 1.84 bits per heavy atom. The van der Waals surface area contributed by atoms with E-state index in [0.717, 1.165) is 11.1 Å². The second-order valence-electron chi connectivity index (χ2n) is 7.34. The number of carbonyl (C=O) groups is 4. The number of likely N-dealkylation sites (N-methyl/N-ethyl adjacent to an activating group) is 1. The number of esters is 1. The summed E-state index contributed by atoms with van der Waals surface area (Å²) in [7, 11) is 1.48. The molecule has 1 unspecified atom stereocenters. The topological polar surface area (TPSA) is 114 Å². The van der Waals surface area contributed by atoms with Crippen LogP contribution in [0.25, 0.3) is 0 Å². The zero-order valence-electron chi connectivity index (χ0n) is 18.1. The van der Waals surface area contributed by atoms with Crippen molar-refractivity contribution in [2.45, 2.75) is 20.0 Å². The number of carbonyl (C=O) groups excluding carboxylic acids is 4. The molecule has 9 heteroatoms. The third-order valence-electron chi connectivity index (χ3n) is 5.13. The number of nitrogens with one attached hydrogen (secondary N) is 2. The molecule has 0 bridgehead atoms. The van der Waals surface area contributed by atoms with Crippen molar-refractivity contribution in [1.82, 2.24) is 10.6 Å². The molecule has 0 aromatic heterocycles. The fourth-order valence-corrected chi connectivity index (χ4v) is 3.18. The minimum absolute atomic E-state index is 0.0173.